The maximum absolute atomic E-state index is 12.1. The number of ether oxygens (including phenoxy) is 2. The topological polar surface area (TPSA) is 85.7 Å². The van der Waals surface area contributed by atoms with Crippen molar-refractivity contribution in [3.63, 3.8) is 0 Å². The first-order chi connectivity index (χ1) is 13.4. The van der Waals surface area contributed by atoms with E-state index in [0.717, 1.165) is 64.2 Å². The van der Waals surface area contributed by atoms with Gasteiger partial charge in [-0.05, 0) is 51.4 Å². The van der Waals surface area contributed by atoms with Crippen LogP contribution in [-0.4, -0.2) is 30.9 Å². The number of unbranched alkanes of at least 4 members (excludes halogenated alkanes) is 2. The summed E-state index contributed by atoms with van der Waals surface area (Å²) in [5, 5.41) is 0. The number of carbonyl (C=O) groups excluding carboxylic acids is 1. The third-order valence-electron chi connectivity index (χ3n) is 5.55. The van der Waals surface area contributed by atoms with Gasteiger partial charge in [-0.2, -0.15) is 19.6 Å². The SMILES string of the molecule is CCCCC(CCC1(C)OO1)COC(=O)OCC(CCCC)CCC1(C)OO1. The Balaban J connectivity index is 1.66. The van der Waals surface area contributed by atoms with E-state index in [2.05, 4.69) is 13.8 Å². The lowest BCUT2D eigenvalue weighted by Crippen LogP contribution is -2.20. The van der Waals surface area contributed by atoms with Gasteiger partial charge in [0.05, 0.1) is 13.2 Å². The Morgan fingerprint density at radius 2 is 1.14 bits per heavy atom. The Hall–Kier alpha value is -0.890. The van der Waals surface area contributed by atoms with E-state index in [1.807, 2.05) is 13.8 Å². The third kappa shape index (κ3) is 9.54. The standard InChI is InChI=1S/C21H38O7/c1-5-7-9-17(11-13-20(3)25-26-20)15-23-19(22)24-16-18(10-8-6-2)12-14-21(4)27-28-21/h17-18H,5-16H2,1-4H3. The van der Waals surface area contributed by atoms with Crippen LogP contribution in [0, 0.1) is 11.8 Å². The summed E-state index contributed by atoms with van der Waals surface area (Å²) in [4.78, 5) is 32.0. The molecule has 0 spiro atoms. The van der Waals surface area contributed by atoms with Crippen LogP contribution in [0.1, 0.15) is 91.9 Å². The number of rotatable bonds is 16. The van der Waals surface area contributed by atoms with E-state index in [-0.39, 0.29) is 0 Å². The maximum Gasteiger partial charge on any atom is 0.508 e. The molecule has 2 saturated heterocycles. The second-order valence-corrected chi connectivity index (χ2v) is 8.57. The summed E-state index contributed by atoms with van der Waals surface area (Å²) in [6, 6.07) is 0. The average Bonchev–Trinajstić information content (AvgIpc) is 3.60. The van der Waals surface area contributed by atoms with Gasteiger partial charge in [-0.25, -0.2) is 4.79 Å². The third-order valence-corrected chi connectivity index (χ3v) is 5.55. The van der Waals surface area contributed by atoms with Crippen LogP contribution in [-0.2, 0) is 29.0 Å². The first kappa shape index (κ1) is 23.4. The van der Waals surface area contributed by atoms with E-state index in [4.69, 9.17) is 29.0 Å². The van der Waals surface area contributed by atoms with Crippen LogP contribution in [0.3, 0.4) is 0 Å². The monoisotopic (exact) mass is 402 g/mol. The highest BCUT2D eigenvalue weighted by molar-refractivity contribution is 5.59. The van der Waals surface area contributed by atoms with Crippen LogP contribution >= 0.6 is 0 Å². The van der Waals surface area contributed by atoms with Crippen molar-refractivity contribution in [1.29, 1.82) is 0 Å². The van der Waals surface area contributed by atoms with Crippen LogP contribution < -0.4 is 0 Å². The quantitative estimate of drug-likeness (QED) is 0.187. The number of hydrogen-bond donors (Lipinski definition) is 0. The first-order valence-electron chi connectivity index (χ1n) is 10.9. The van der Waals surface area contributed by atoms with Crippen molar-refractivity contribution < 1.29 is 33.8 Å². The fourth-order valence-corrected chi connectivity index (χ4v) is 3.26. The lowest BCUT2D eigenvalue weighted by molar-refractivity contribution is 0.0291. The van der Waals surface area contributed by atoms with Crippen molar-refractivity contribution in [1.82, 2.24) is 0 Å². The number of carbonyl (C=O) groups is 1. The van der Waals surface area contributed by atoms with Gasteiger partial charge in [-0.3, -0.25) is 0 Å². The Morgan fingerprint density at radius 3 is 1.46 bits per heavy atom. The molecule has 2 unspecified atom stereocenters. The van der Waals surface area contributed by atoms with Gasteiger partial charge in [0.1, 0.15) is 0 Å². The summed E-state index contributed by atoms with van der Waals surface area (Å²) in [6.07, 6.45) is 9.38. The van der Waals surface area contributed by atoms with E-state index in [1.165, 1.54) is 0 Å². The van der Waals surface area contributed by atoms with Crippen LogP contribution in [0.2, 0.25) is 0 Å². The molecule has 2 rings (SSSR count). The van der Waals surface area contributed by atoms with E-state index in [0.29, 0.717) is 25.0 Å². The minimum absolute atomic E-state index is 0.303. The largest absolute Gasteiger partial charge is 0.508 e. The molecule has 0 aromatic heterocycles. The molecule has 0 aromatic carbocycles. The van der Waals surface area contributed by atoms with Gasteiger partial charge in [0, 0.05) is 12.8 Å². The minimum atomic E-state index is -0.571. The highest BCUT2D eigenvalue weighted by atomic mass is 17.4. The van der Waals surface area contributed by atoms with Crippen molar-refractivity contribution in [2.75, 3.05) is 13.2 Å². The van der Waals surface area contributed by atoms with Gasteiger partial charge >= 0.3 is 6.16 Å². The Labute approximate surface area is 169 Å². The fourth-order valence-electron chi connectivity index (χ4n) is 3.26. The Kier molecular flexibility index (Phi) is 9.47. The molecule has 7 heteroatoms. The molecule has 0 aromatic rings. The van der Waals surface area contributed by atoms with Crippen LogP contribution in [0.25, 0.3) is 0 Å². The molecule has 0 bridgehead atoms. The summed E-state index contributed by atoms with van der Waals surface area (Å²) in [5.41, 5.74) is 0. The summed E-state index contributed by atoms with van der Waals surface area (Å²) in [6.45, 7) is 8.94. The summed E-state index contributed by atoms with van der Waals surface area (Å²) >= 11 is 0. The molecule has 0 saturated carbocycles. The van der Waals surface area contributed by atoms with E-state index in [9.17, 15) is 4.79 Å². The smallest absolute Gasteiger partial charge is 0.434 e. The second kappa shape index (κ2) is 11.3. The molecule has 0 aliphatic carbocycles. The average molecular weight is 403 g/mol. The summed E-state index contributed by atoms with van der Waals surface area (Å²) < 4.78 is 10.8. The van der Waals surface area contributed by atoms with Crippen LogP contribution in [0.4, 0.5) is 4.79 Å². The van der Waals surface area contributed by atoms with Crippen LogP contribution in [0.5, 0.6) is 0 Å². The molecule has 164 valence electrons. The Bertz CT molecular complexity index is 420. The van der Waals surface area contributed by atoms with Gasteiger partial charge in [0.15, 0.2) is 0 Å². The Morgan fingerprint density at radius 1 is 0.750 bits per heavy atom. The molecular formula is C21H38O7. The molecule has 2 atom stereocenters. The highest BCUT2D eigenvalue weighted by Gasteiger charge is 2.44. The van der Waals surface area contributed by atoms with Crippen molar-refractivity contribution in [3.05, 3.63) is 0 Å². The van der Waals surface area contributed by atoms with E-state index >= 15 is 0 Å². The lowest BCUT2D eigenvalue weighted by Gasteiger charge is -2.19. The van der Waals surface area contributed by atoms with Gasteiger partial charge in [-0.15, -0.1) is 0 Å². The predicted molar refractivity (Wildman–Crippen MR) is 103 cm³/mol. The van der Waals surface area contributed by atoms with Crippen molar-refractivity contribution >= 4 is 6.16 Å². The van der Waals surface area contributed by atoms with E-state index < -0.39 is 17.7 Å². The zero-order valence-electron chi connectivity index (χ0n) is 18.0. The molecule has 28 heavy (non-hydrogen) atoms. The zero-order valence-corrected chi connectivity index (χ0v) is 18.0. The summed E-state index contributed by atoms with van der Waals surface area (Å²) in [7, 11) is 0. The second-order valence-electron chi connectivity index (χ2n) is 8.57. The molecule has 0 radical (unpaired) electrons. The maximum atomic E-state index is 12.1. The molecule has 0 amide bonds. The summed E-state index contributed by atoms with van der Waals surface area (Å²) in [5.74, 6) is -0.277. The lowest BCUT2D eigenvalue weighted by atomic mass is 9.95. The van der Waals surface area contributed by atoms with Gasteiger partial charge in [-0.1, -0.05) is 39.5 Å². The molecule has 2 aliphatic rings. The highest BCUT2D eigenvalue weighted by Crippen LogP contribution is 2.36. The molecule has 7 nitrogen and oxygen atoms in total. The zero-order chi connectivity index (χ0) is 20.5. The normalized spacial score (nSPS) is 21.0. The van der Waals surface area contributed by atoms with Gasteiger partial charge < -0.3 is 9.47 Å². The first-order valence-corrected chi connectivity index (χ1v) is 10.9. The van der Waals surface area contributed by atoms with Crippen molar-refractivity contribution in [2.45, 2.75) is 103 Å². The number of hydrogen-bond acceptors (Lipinski definition) is 7. The predicted octanol–water partition coefficient (Wildman–Crippen LogP) is 5.67. The molecular weight excluding hydrogens is 364 g/mol. The fraction of sp³-hybridized carbons (Fsp3) is 0.952. The molecule has 2 fully saturated rings. The van der Waals surface area contributed by atoms with E-state index in [1.54, 1.807) is 0 Å². The molecule has 0 N–H and O–H groups in total. The molecule has 2 heterocycles. The van der Waals surface area contributed by atoms with Gasteiger partial charge in [0.2, 0.25) is 11.6 Å². The van der Waals surface area contributed by atoms with Crippen molar-refractivity contribution in [3.8, 4) is 0 Å². The van der Waals surface area contributed by atoms with Crippen molar-refractivity contribution in [2.24, 2.45) is 11.8 Å². The minimum Gasteiger partial charge on any atom is -0.434 e. The van der Waals surface area contributed by atoms with Crippen LogP contribution in [0.15, 0.2) is 0 Å². The molecule has 2 aliphatic heterocycles. The van der Waals surface area contributed by atoms with Gasteiger partial charge in [0.25, 0.3) is 0 Å².